The van der Waals surface area contributed by atoms with E-state index >= 15 is 0 Å². The minimum Gasteiger partial charge on any atom is -0.497 e. The molecule has 1 amide bonds. The van der Waals surface area contributed by atoms with Gasteiger partial charge in [0.05, 0.1) is 26.0 Å². The molecule has 0 saturated carbocycles. The van der Waals surface area contributed by atoms with Gasteiger partial charge in [0.15, 0.2) is 0 Å². The Labute approximate surface area is 148 Å². The summed E-state index contributed by atoms with van der Waals surface area (Å²) in [4.78, 5) is 16.7. The van der Waals surface area contributed by atoms with Crippen molar-refractivity contribution in [3.05, 3.63) is 48.4 Å². The number of carbonyl (C=O) groups is 1. The number of methoxy groups -OCH3 is 1. The molecule has 1 saturated heterocycles. The van der Waals surface area contributed by atoms with E-state index in [1.807, 2.05) is 31.2 Å². The summed E-state index contributed by atoms with van der Waals surface area (Å²) >= 11 is 0. The van der Waals surface area contributed by atoms with Crippen molar-refractivity contribution in [2.75, 3.05) is 44.7 Å². The summed E-state index contributed by atoms with van der Waals surface area (Å²) in [7, 11) is 1.67. The van der Waals surface area contributed by atoms with Gasteiger partial charge in [0.2, 0.25) is 5.91 Å². The Morgan fingerprint density at radius 2 is 1.92 bits per heavy atom. The second-order valence-electron chi connectivity index (χ2n) is 6.27. The number of hydrogen-bond donors (Lipinski definition) is 1. The van der Waals surface area contributed by atoms with E-state index in [1.165, 1.54) is 5.69 Å². The standard InChI is InChI=1S/C19H25N3O3/c1-15(18-4-3-13-25-18)20-19(23)14-21-9-11-22(12-10-21)16-5-7-17(24-2)8-6-16/h3-8,13,15H,9-12,14H2,1-2H3,(H,20,23)/t15-/m0/s1. The second kappa shape index (κ2) is 8.07. The summed E-state index contributed by atoms with van der Waals surface area (Å²) < 4.78 is 10.5. The minimum atomic E-state index is -0.108. The van der Waals surface area contributed by atoms with Gasteiger partial charge in [0, 0.05) is 31.9 Å². The van der Waals surface area contributed by atoms with Gasteiger partial charge in [-0.3, -0.25) is 9.69 Å². The van der Waals surface area contributed by atoms with Crippen molar-refractivity contribution in [3.63, 3.8) is 0 Å². The van der Waals surface area contributed by atoms with E-state index < -0.39 is 0 Å². The van der Waals surface area contributed by atoms with Gasteiger partial charge < -0.3 is 19.4 Å². The van der Waals surface area contributed by atoms with Crippen LogP contribution in [0.15, 0.2) is 47.1 Å². The Morgan fingerprint density at radius 3 is 2.52 bits per heavy atom. The van der Waals surface area contributed by atoms with E-state index in [0.717, 1.165) is 37.7 Å². The molecular formula is C19H25N3O3. The van der Waals surface area contributed by atoms with Gasteiger partial charge >= 0.3 is 0 Å². The van der Waals surface area contributed by atoms with Crippen LogP contribution in [0.3, 0.4) is 0 Å². The fourth-order valence-corrected chi connectivity index (χ4v) is 3.06. The lowest BCUT2D eigenvalue weighted by atomic mass is 10.2. The molecule has 1 fully saturated rings. The third-order valence-corrected chi connectivity index (χ3v) is 4.52. The van der Waals surface area contributed by atoms with Crippen LogP contribution in [0.4, 0.5) is 5.69 Å². The van der Waals surface area contributed by atoms with Crippen LogP contribution in [0.2, 0.25) is 0 Å². The summed E-state index contributed by atoms with van der Waals surface area (Å²) in [6, 6.07) is 11.7. The SMILES string of the molecule is COc1ccc(N2CCN(CC(=O)N[C@@H](C)c3ccco3)CC2)cc1. The number of ether oxygens (including phenoxy) is 1. The number of hydrogen-bond acceptors (Lipinski definition) is 5. The van der Waals surface area contributed by atoms with Crippen LogP contribution in [0.1, 0.15) is 18.7 Å². The molecule has 1 atom stereocenters. The number of anilines is 1. The van der Waals surface area contributed by atoms with Crippen molar-refractivity contribution in [2.24, 2.45) is 0 Å². The van der Waals surface area contributed by atoms with Crippen molar-refractivity contribution < 1.29 is 13.9 Å². The van der Waals surface area contributed by atoms with E-state index in [2.05, 4.69) is 27.2 Å². The van der Waals surface area contributed by atoms with Gasteiger partial charge in [0.25, 0.3) is 0 Å². The van der Waals surface area contributed by atoms with E-state index in [0.29, 0.717) is 6.54 Å². The molecule has 6 nitrogen and oxygen atoms in total. The number of rotatable bonds is 6. The second-order valence-corrected chi connectivity index (χ2v) is 6.27. The number of nitrogens with one attached hydrogen (secondary N) is 1. The summed E-state index contributed by atoms with van der Waals surface area (Å²) in [6.07, 6.45) is 1.62. The zero-order valence-corrected chi connectivity index (χ0v) is 14.8. The van der Waals surface area contributed by atoms with Crippen LogP contribution in [0, 0.1) is 0 Å². The lowest BCUT2D eigenvalue weighted by Gasteiger charge is -2.35. The van der Waals surface area contributed by atoms with Crippen molar-refractivity contribution in [1.82, 2.24) is 10.2 Å². The molecule has 1 aromatic carbocycles. The highest BCUT2D eigenvalue weighted by molar-refractivity contribution is 5.78. The summed E-state index contributed by atoms with van der Waals surface area (Å²) in [5.74, 6) is 1.67. The molecule has 0 spiro atoms. The summed E-state index contributed by atoms with van der Waals surface area (Å²) in [5.41, 5.74) is 1.19. The van der Waals surface area contributed by atoms with Crippen molar-refractivity contribution in [3.8, 4) is 5.75 Å². The molecule has 1 N–H and O–H groups in total. The zero-order valence-electron chi connectivity index (χ0n) is 14.8. The first-order valence-electron chi connectivity index (χ1n) is 8.60. The van der Waals surface area contributed by atoms with Gasteiger partial charge in [-0.2, -0.15) is 0 Å². The zero-order chi connectivity index (χ0) is 17.6. The molecular weight excluding hydrogens is 318 g/mol. The average molecular weight is 343 g/mol. The fraction of sp³-hybridized carbons (Fsp3) is 0.421. The number of carbonyl (C=O) groups excluding carboxylic acids is 1. The van der Waals surface area contributed by atoms with Crippen LogP contribution in [0.25, 0.3) is 0 Å². The number of amides is 1. The lowest BCUT2D eigenvalue weighted by molar-refractivity contribution is -0.123. The first kappa shape index (κ1) is 17.4. The number of benzene rings is 1. The Bertz CT molecular complexity index is 662. The molecule has 0 radical (unpaired) electrons. The van der Waals surface area contributed by atoms with E-state index in [1.54, 1.807) is 13.4 Å². The molecule has 0 unspecified atom stereocenters. The van der Waals surface area contributed by atoms with Gasteiger partial charge in [0.1, 0.15) is 11.5 Å². The van der Waals surface area contributed by atoms with Gasteiger partial charge in [-0.15, -0.1) is 0 Å². The molecule has 25 heavy (non-hydrogen) atoms. The first-order valence-corrected chi connectivity index (χ1v) is 8.60. The lowest BCUT2D eigenvalue weighted by Crippen LogP contribution is -2.49. The Hall–Kier alpha value is -2.47. The predicted octanol–water partition coefficient (Wildman–Crippen LogP) is 2.29. The molecule has 2 aromatic rings. The Kier molecular flexibility index (Phi) is 5.60. The monoisotopic (exact) mass is 343 g/mol. The molecule has 3 rings (SSSR count). The third-order valence-electron chi connectivity index (χ3n) is 4.52. The fourth-order valence-electron chi connectivity index (χ4n) is 3.06. The maximum Gasteiger partial charge on any atom is 0.234 e. The smallest absolute Gasteiger partial charge is 0.234 e. The predicted molar refractivity (Wildman–Crippen MR) is 96.9 cm³/mol. The third kappa shape index (κ3) is 4.54. The molecule has 0 bridgehead atoms. The molecule has 1 aliphatic rings. The Balaban J connectivity index is 1.44. The quantitative estimate of drug-likeness (QED) is 0.872. The molecule has 0 aliphatic carbocycles. The van der Waals surface area contributed by atoms with Crippen LogP contribution < -0.4 is 15.0 Å². The van der Waals surface area contributed by atoms with Crippen LogP contribution in [-0.2, 0) is 4.79 Å². The summed E-state index contributed by atoms with van der Waals surface area (Å²) in [5, 5.41) is 2.98. The average Bonchev–Trinajstić information content (AvgIpc) is 3.17. The highest BCUT2D eigenvalue weighted by atomic mass is 16.5. The van der Waals surface area contributed by atoms with Crippen molar-refractivity contribution in [1.29, 1.82) is 0 Å². The van der Waals surface area contributed by atoms with E-state index in [4.69, 9.17) is 9.15 Å². The van der Waals surface area contributed by atoms with E-state index in [9.17, 15) is 4.79 Å². The summed E-state index contributed by atoms with van der Waals surface area (Å²) in [6.45, 7) is 5.91. The molecule has 134 valence electrons. The highest BCUT2D eigenvalue weighted by Gasteiger charge is 2.20. The van der Waals surface area contributed by atoms with Crippen LogP contribution >= 0.6 is 0 Å². The van der Waals surface area contributed by atoms with Gasteiger partial charge in [-0.25, -0.2) is 0 Å². The number of nitrogens with zero attached hydrogens (tertiary/aromatic N) is 2. The van der Waals surface area contributed by atoms with Gasteiger partial charge in [-0.05, 0) is 43.3 Å². The minimum absolute atomic E-state index is 0.0294. The van der Waals surface area contributed by atoms with Crippen LogP contribution in [-0.4, -0.2) is 50.6 Å². The van der Waals surface area contributed by atoms with Crippen molar-refractivity contribution in [2.45, 2.75) is 13.0 Å². The maximum absolute atomic E-state index is 12.2. The van der Waals surface area contributed by atoms with E-state index in [-0.39, 0.29) is 11.9 Å². The molecule has 1 aromatic heterocycles. The Morgan fingerprint density at radius 1 is 1.20 bits per heavy atom. The topological polar surface area (TPSA) is 58.0 Å². The number of piperazine rings is 1. The maximum atomic E-state index is 12.2. The van der Waals surface area contributed by atoms with Gasteiger partial charge in [-0.1, -0.05) is 0 Å². The molecule has 2 heterocycles. The largest absolute Gasteiger partial charge is 0.497 e. The normalized spacial score (nSPS) is 16.5. The van der Waals surface area contributed by atoms with Crippen LogP contribution in [0.5, 0.6) is 5.75 Å². The first-order chi connectivity index (χ1) is 12.2. The highest BCUT2D eigenvalue weighted by Crippen LogP contribution is 2.20. The number of furan rings is 1. The molecule has 1 aliphatic heterocycles. The molecule has 6 heteroatoms. The van der Waals surface area contributed by atoms with Crippen molar-refractivity contribution >= 4 is 11.6 Å².